The van der Waals surface area contributed by atoms with Crippen molar-refractivity contribution in [2.75, 3.05) is 6.54 Å². The summed E-state index contributed by atoms with van der Waals surface area (Å²) in [5, 5.41) is 8.56. The van der Waals surface area contributed by atoms with Gasteiger partial charge in [-0.25, -0.2) is 4.39 Å². The topological polar surface area (TPSA) is 108 Å². The molecule has 122 valence electrons. The first-order valence-corrected chi connectivity index (χ1v) is 7.43. The van der Waals surface area contributed by atoms with E-state index in [1.165, 1.54) is 6.07 Å². The van der Waals surface area contributed by atoms with E-state index < -0.39 is 11.7 Å². The number of pyridine rings is 1. The highest BCUT2D eigenvalue weighted by atomic mass is 19.1. The highest BCUT2D eigenvalue weighted by molar-refractivity contribution is 6.01. The smallest absolute Gasteiger partial charge is 0.269 e. The van der Waals surface area contributed by atoms with Crippen LogP contribution in [0, 0.1) is 12.7 Å². The summed E-state index contributed by atoms with van der Waals surface area (Å²) in [6.45, 7) is 2.15. The minimum atomic E-state index is -0.685. The van der Waals surface area contributed by atoms with Gasteiger partial charge in [-0.15, -0.1) is 10.2 Å². The monoisotopic (exact) mass is 325 g/mol. The van der Waals surface area contributed by atoms with Crippen molar-refractivity contribution in [1.82, 2.24) is 15.2 Å². The molecular weight excluding hydrogens is 309 g/mol. The van der Waals surface area contributed by atoms with Gasteiger partial charge in [0.1, 0.15) is 11.3 Å². The highest BCUT2D eigenvalue weighted by Gasteiger charge is 2.19. The van der Waals surface area contributed by atoms with E-state index in [-0.39, 0.29) is 5.69 Å². The van der Waals surface area contributed by atoms with Gasteiger partial charge >= 0.3 is 0 Å². The van der Waals surface area contributed by atoms with Crippen molar-refractivity contribution < 1.29 is 9.18 Å². The van der Waals surface area contributed by atoms with E-state index in [0.717, 1.165) is 5.69 Å². The third kappa shape index (κ3) is 2.69. The van der Waals surface area contributed by atoms with Crippen molar-refractivity contribution in [1.29, 1.82) is 0 Å². The zero-order valence-electron chi connectivity index (χ0n) is 13.1. The Bertz CT molecular complexity index is 924. The molecule has 0 radical (unpaired) electrons. The molecule has 0 atom stereocenters. The van der Waals surface area contributed by atoms with Crippen LogP contribution in [0.5, 0.6) is 0 Å². The van der Waals surface area contributed by atoms with Gasteiger partial charge in [0.15, 0.2) is 5.69 Å². The van der Waals surface area contributed by atoms with E-state index in [1.54, 1.807) is 24.4 Å². The number of aryl methyl sites for hydroxylation is 1. The molecule has 0 aliphatic carbocycles. The number of rotatable bonds is 4. The first-order valence-electron chi connectivity index (χ1n) is 7.43. The van der Waals surface area contributed by atoms with E-state index in [2.05, 4.69) is 15.2 Å². The molecule has 24 heavy (non-hydrogen) atoms. The standard InChI is InChI=1S/C17H16FN5O/c1-9-2-3-10(8-21-9)14-13(18)5-4-11-12(6-7-19)16(17(20)24)23-22-15(11)14/h2-5,8H,6-7,19H2,1H3,(H2,20,24). The molecule has 2 heterocycles. The average Bonchev–Trinajstić information content (AvgIpc) is 2.56. The number of carbonyl (C=O) groups is 1. The van der Waals surface area contributed by atoms with Crippen LogP contribution < -0.4 is 11.5 Å². The van der Waals surface area contributed by atoms with Gasteiger partial charge < -0.3 is 11.5 Å². The Morgan fingerprint density at radius 2 is 2.00 bits per heavy atom. The summed E-state index contributed by atoms with van der Waals surface area (Å²) in [5.41, 5.74) is 13.7. The van der Waals surface area contributed by atoms with Crippen LogP contribution in [0.1, 0.15) is 21.7 Å². The van der Waals surface area contributed by atoms with Crippen molar-refractivity contribution in [3.05, 3.63) is 53.2 Å². The number of hydrogen-bond acceptors (Lipinski definition) is 5. The van der Waals surface area contributed by atoms with Crippen molar-refractivity contribution in [2.24, 2.45) is 11.5 Å². The zero-order chi connectivity index (χ0) is 17.3. The number of nitrogens with zero attached hydrogens (tertiary/aromatic N) is 3. The van der Waals surface area contributed by atoms with E-state index in [0.29, 0.717) is 40.6 Å². The summed E-state index contributed by atoms with van der Waals surface area (Å²) >= 11 is 0. The molecule has 0 aliphatic heterocycles. The summed E-state index contributed by atoms with van der Waals surface area (Å²) in [6.07, 6.45) is 1.97. The van der Waals surface area contributed by atoms with Gasteiger partial charge in [0.25, 0.3) is 5.91 Å². The fourth-order valence-electron chi connectivity index (χ4n) is 2.69. The lowest BCUT2D eigenvalue weighted by molar-refractivity contribution is 0.0994. The van der Waals surface area contributed by atoms with Crippen molar-refractivity contribution in [3.63, 3.8) is 0 Å². The second kappa shape index (κ2) is 6.29. The Kier molecular flexibility index (Phi) is 4.18. The summed E-state index contributed by atoms with van der Waals surface area (Å²) in [6, 6.07) is 6.47. The largest absolute Gasteiger partial charge is 0.364 e. The summed E-state index contributed by atoms with van der Waals surface area (Å²) in [5.74, 6) is -1.12. The Morgan fingerprint density at radius 1 is 1.21 bits per heavy atom. The quantitative estimate of drug-likeness (QED) is 0.759. The predicted molar refractivity (Wildman–Crippen MR) is 88.7 cm³/mol. The van der Waals surface area contributed by atoms with Crippen LogP contribution in [-0.2, 0) is 6.42 Å². The Hall–Kier alpha value is -2.93. The predicted octanol–water partition coefficient (Wildman–Crippen LogP) is 1.74. The third-order valence-corrected chi connectivity index (χ3v) is 3.82. The number of carbonyl (C=O) groups excluding carboxylic acids is 1. The number of halogens is 1. The summed E-state index contributed by atoms with van der Waals surface area (Å²) in [4.78, 5) is 15.8. The van der Waals surface area contributed by atoms with Crippen LogP contribution in [0.3, 0.4) is 0 Å². The maximum Gasteiger partial charge on any atom is 0.269 e. The number of nitrogens with two attached hydrogens (primary N) is 2. The molecule has 7 heteroatoms. The molecule has 0 saturated heterocycles. The van der Waals surface area contributed by atoms with E-state index >= 15 is 0 Å². The molecule has 0 saturated carbocycles. The molecule has 2 aromatic heterocycles. The van der Waals surface area contributed by atoms with Gasteiger partial charge in [0, 0.05) is 28.4 Å². The number of aromatic nitrogens is 3. The first kappa shape index (κ1) is 15.9. The van der Waals surface area contributed by atoms with Crippen molar-refractivity contribution >= 4 is 16.8 Å². The number of hydrogen-bond donors (Lipinski definition) is 2. The molecule has 0 unspecified atom stereocenters. The molecule has 0 spiro atoms. The van der Waals surface area contributed by atoms with Crippen LogP contribution in [0.2, 0.25) is 0 Å². The van der Waals surface area contributed by atoms with Crippen molar-refractivity contribution in [2.45, 2.75) is 13.3 Å². The number of primary amides is 1. The average molecular weight is 325 g/mol. The second-order valence-electron chi connectivity index (χ2n) is 5.44. The molecule has 0 aliphatic rings. The maximum absolute atomic E-state index is 14.5. The summed E-state index contributed by atoms with van der Waals surface area (Å²) in [7, 11) is 0. The van der Waals surface area contributed by atoms with Crippen LogP contribution in [0.4, 0.5) is 4.39 Å². The fourth-order valence-corrected chi connectivity index (χ4v) is 2.69. The van der Waals surface area contributed by atoms with Crippen LogP contribution in [0.25, 0.3) is 22.0 Å². The van der Waals surface area contributed by atoms with Gasteiger partial charge in [-0.05, 0) is 43.7 Å². The zero-order valence-corrected chi connectivity index (χ0v) is 13.1. The Morgan fingerprint density at radius 3 is 2.62 bits per heavy atom. The first-order chi connectivity index (χ1) is 11.5. The molecule has 3 rings (SSSR count). The molecule has 3 aromatic rings. The van der Waals surface area contributed by atoms with E-state index in [4.69, 9.17) is 11.5 Å². The fraction of sp³-hybridized carbons (Fsp3) is 0.176. The lowest BCUT2D eigenvalue weighted by Gasteiger charge is -2.12. The number of fused-ring (bicyclic) bond motifs is 1. The Balaban J connectivity index is 2.34. The van der Waals surface area contributed by atoms with Crippen molar-refractivity contribution in [3.8, 4) is 11.1 Å². The van der Waals surface area contributed by atoms with Gasteiger partial charge in [-0.1, -0.05) is 6.07 Å². The van der Waals surface area contributed by atoms with Crippen LogP contribution in [-0.4, -0.2) is 27.6 Å². The van der Waals surface area contributed by atoms with E-state index in [9.17, 15) is 9.18 Å². The normalized spacial score (nSPS) is 11.0. The Labute approximate surface area is 137 Å². The molecule has 6 nitrogen and oxygen atoms in total. The highest BCUT2D eigenvalue weighted by Crippen LogP contribution is 2.31. The molecule has 1 aromatic carbocycles. The van der Waals surface area contributed by atoms with Crippen LogP contribution in [0.15, 0.2) is 30.5 Å². The van der Waals surface area contributed by atoms with Gasteiger partial charge in [0.05, 0.1) is 0 Å². The van der Waals surface area contributed by atoms with Gasteiger partial charge in [-0.2, -0.15) is 0 Å². The van der Waals surface area contributed by atoms with Gasteiger partial charge in [-0.3, -0.25) is 9.78 Å². The minimum Gasteiger partial charge on any atom is -0.364 e. The molecular formula is C17H16FN5O. The minimum absolute atomic E-state index is 0.0625. The molecule has 4 N–H and O–H groups in total. The molecule has 0 bridgehead atoms. The van der Waals surface area contributed by atoms with E-state index in [1.807, 2.05) is 6.92 Å². The van der Waals surface area contributed by atoms with Gasteiger partial charge in [0.2, 0.25) is 0 Å². The lowest BCUT2D eigenvalue weighted by Crippen LogP contribution is -2.19. The number of amides is 1. The summed E-state index contributed by atoms with van der Waals surface area (Å²) < 4.78 is 14.5. The molecule has 1 amide bonds. The maximum atomic E-state index is 14.5. The third-order valence-electron chi connectivity index (χ3n) is 3.82. The second-order valence-corrected chi connectivity index (χ2v) is 5.44. The van der Waals surface area contributed by atoms with Crippen LogP contribution >= 0.6 is 0 Å². The number of benzene rings is 1. The lowest BCUT2D eigenvalue weighted by atomic mass is 9.97. The SMILES string of the molecule is Cc1ccc(-c2c(F)ccc3c(CCN)c(C(N)=O)nnc23)cn1. The molecule has 0 fully saturated rings.